The van der Waals surface area contributed by atoms with Gasteiger partial charge < -0.3 is 0 Å². The van der Waals surface area contributed by atoms with Gasteiger partial charge in [-0.05, 0) is 74.0 Å². The Balaban J connectivity index is 2.12. The first kappa shape index (κ1) is 20.5. The maximum atomic E-state index is 13.3. The van der Waals surface area contributed by atoms with Crippen molar-refractivity contribution in [2.45, 2.75) is 102 Å². The largest absolute Gasteiger partial charge is 0.277 e. The van der Waals surface area contributed by atoms with Gasteiger partial charge in [-0.2, -0.15) is 0 Å². The van der Waals surface area contributed by atoms with Gasteiger partial charge in [-0.1, -0.05) is 43.5 Å². The van der Waals surface area contributed by atoms with Crippen LogP contribution in [-0.2, 0) is 9.59 Å². The molecule has 3 aliphatic rings. The molecule has 0 aromatic heterocycles. The van der Waals surface area contributed by atoms with Crippen LogP contribution in [0, 0.1) is 0 Å². The summed E-state index contributed by atoms with van der Waals surface area (Å²) in [5.41, 5.74) is 2.56. The second-order valence-corrected chi connectivity index (χ2v) is 13.5. The lowest BCUT2D eigenvalue weighted by molar-refractivity contribution is -0.135. The quantitative estimate of drug-likeness (QED) is 0.417. The summed E-state index contributed by atoms with van der Waals surface area (Å²) in [6.07, 6.45) is 9.58. The molecule has 0 unspecified atom stereocenters. The molecule has 4 atom stereocenters. The minimum atomic E-state index is -0.486. The molecular weight excluding hydrogens is 360 g/mol. The average Bonchev–Trinajstić information content (AvgIpc) is 3.31. The fourth-order valence-electron chi connectivity index (χ4n) is 5.33. The Labute approximate surface area is 161 Å². The molecule has 0 bridgehead atoms. The van der Waals surface area contributed by atoms with E-state index >= 15 is 0 Å². The molecule has 146 valence electrons. The molecular formula is C21H35NO2P2. The Morgan fingerprint density at radius 1 is 0.692 bits per heavy atom. The van der Waals surface area contributed by atoms with E-state index in [1.165, 1.54) is 30.6 Å². The van der Waals surface area contributed by atoms with Crippen LogP contribution in [0.1, 0.15) is 79.1 Å². The number of carbonyl (C=O) groups excluding carboxylic acids is 2. The standard InChI is InChI=1S/C21H35NO2P2/c1-6-14-10-11-15(7-2)25(14)18-19(21(24)22(5)20(18)23)26-16(8-3)12-13-17(26)9-4/h14-17H,6-13H2,1-5H3/t14-,15-,16-,17-/m1/s1. The fraction of sp³-hybridized carbons (Fsp3) is 0.810. The molecule has 3 heterocycles. The maximum Gasteiger partial charge on any atom is 0.261 e. The summed E-state index contributed by atoms with van der Waals surface area (Å²) < 4.78 is 0. The van der Waals surface area contributed by atoms with E-state index in [-0.39, 0.29) is 11.8 Å². The molecule has 2 amide bonds. The van der Waals surface area contributed by atoms with Crippen LogP contribution in [0.4, 0.5) is 0 Å². The number of hydrogen-bond acceptors (Lipinski definition) is 2. The van der Waals surface area contributed by atoms with Gasteiger partial charge in [-0.25, -0.2) is 0 Å². The summed E-state index contributed by atoms with van der Waals surface area (Å²) in [4.78, 5) is 28.0. The van der Waals surface area contributed by atoms with Crippen molar-refractivity contribution in [3.63, 3.8) is 0 Å². The SMILES string of the molecule is CC[C@@H]1CC[C@@H](CC)P1C1=C(P2[C@H](CC)CC[C@H]2CC)C(=O)N(C)C1=O. The maximum absolute atomic E-state index is 13.3. The highest BCUT2D eigenvalue weighted by Gasteiger charge is 2.51. The molecule has 3 rings (SSSR count). The number of nitrogens with zero attached hydrogens (tertiary/aromatic N) is 1. The third-order valence-corrected chi connectivity index (χ3v) is 14.6. The normalized spacial score (nSPS) is 34.0. The minimum absolute atomic E-state index is 0.0639. The van der Waals surface area contributed by atoms with Gasteiger partial charge in [0, 0.05) is 7.05 Å². The van der Waals surface area contributed by atoms with Crippen molar-refractivity contribution in [1.29, 1.82) is 0 Å². The average molecular weight is 395 g/mol. The van der Waals surface area contributed by atoms with Crippen molar-refractivity contribution in [2.75, 3.05) is 7.05 Å². The van der Waals surface area contributed by atoms with Gasteiger partial charge in [-0.3, -0.25) is 14.5 Å². The predicted octanol–water partition coefficient (Wildman–Crippen LogP) is 5.86. The number of rotatable bonds is 6. The van der Waals surface area contributed by atoms with E-state index in [1.807, 2.05) is 0 Å². The molecule has 5 heteroatoms. The molecule has 2 saturated heterocycles. The summed E-state index contributed by atoms with van der Waals surface area (Å²) in [5.74, 6) is 0.128. The first-order valence-corrected chi connectivity index (χ1v) is 13.6. The summed E-state index contributed by atoms with van der Waals surface area (Å²) in [5, 5.41) is 2.07. The lowest BCUT2D eigenvalue weighted by Crippen LogP contribution is -2.27. The fourth-order valence-corrected chi connectivity index (χ4v) is 13.4. The smallest absolute Gasteiger partial charge is 0.261 e. The van der Waals surface area contributed by atoms with E-state index in [1.54, 1.807) is 7.05 Å². The Morgan fingerprint density at radius 3 is 1.19 bits per heavy atom. The van der Waals surface area contributed by atoms with Crippen LogP contribution in [0.15, 0.2) is 10.6 Å². The van der Waals surface area contributed by atoms with Crippen LogP contribution in [0.3, 0.4) is 0 Å². The topological polar surface area (TPSA) is 37.4 Å². The Bertz CT molecular complexity index is 529. The summed E-state index contributed by atoms with van der Waals surface area (Å²) in [6, 6.07) is 0. The molecule has 26 heavy (non-hydrogen) atoms. The highest BCUT2D eigenvalue weighted by molar-refractivity contribution is 7.70. The van der Waals surface area contributed by atoms with Crippen LogP contribution in [-0.4, -0.2) is 46.4 Å². The van der Waals surface area contributed by atoms with E-state index in [0.29, 0.717) is 22.6 Å². The molecule has 0 aromatic rings. The zero-order chi connectivity index (χ0) is 19.0. The third-order valence-electron chi connectivity index (χ3n) is 6.88. The monoisotopic (exact) mass is 395 g/mol. The molecule has 0 radical (unpaired) electrons. The van der Waals surface area contributed by atoms with Crippen LogP contribution >= 0.6 is 15.8 Å². The molecule has 0 spiro atoms. The van der Waals surface area contributed by atoms with E-state index in [2.05, 4.69) is 27.7 Å². The van der Waals surface area contributed by atoms with Crippen molar-refractivity contribution in [3.05, 3.63) is 10.6 Å². The molecule has 0 aliphatic carbocycles. The molecule has 0 aromatic carbocycles. The minimum Gasteiger partial charge on any atom is -0.277 e. The zero-order valence-electron chi connectivity index (χ0n) is 17.1. The van der Waals surface area contributed by atoms with Gasteiger partial charge >= 0.3 is 0 Å². The molecule has 3 nitrogen and oxygen atoms in total. The van der Waals surface area contributed by atoms with Crippen molar-refractivity contribution < 1.29 is 9.59 Å². The lowest BCUT2D eigenvalue weighted by Gasteiger charge is -2.30. The number of carbonyl (C=O) groups is 2. The number of hydrogen-bond donors (Lipinski definition) is 0. The van der Waals surface area contributed by atoms with Gasteiger partial charge in [0.1, 0.15) is 0 Å². The Kier molecular flexibility index (Phi) is 6.62. The third kappa shape index (κ3) is 3.22. The van der Waals surface area contributed by atoms with E-state index in [0.717, 1.165) is 36.3 Å². The summed E-state index contributed by atoms with van der Waals surface area (Å²) in [7, 11) is 0.749. The Morgan fingerprint density at radius 2 is 0.962 bits per heavy atom. The predicted molar refractivity (Wildman–Crippen MR) is 113 cm³/mol. The number of amides is 2. The second kappa shape index (κ2) is 8.40. The van der Waals surface area contributed by atoms with Crippen molar-refractivity contribution in [2.24, 2.45) is 0 Å². The highest BCUT2D eigenvalue weighted by Crippen LogP contribution is 2.72. The number of imide groups is 1. The van der Waals surface area contributed by atoms with Crippen LogP contribution in [0.5, 0.6) is 0 Å². The first-order chi connectivity index (χ1) is 12.5. The van der Waals surface area contributed by atoms with Crippen LogP contribution in [0.25, 0.3) is 0 Å². The molecule has 0 saturated carbocycles. The van der Waals surface area contributed by atoms with Crippen LogP contribution in [0.2, 0.25) is 0 Å². The Hall–Kier alpha value is -0.260. The van der Waals surface area contributed by atoms with E-state index in [4.69, 9.17) is 0 Å². The van der Waals surface area contributed by atoms with Crippen molar-refractivity contribution >= 4 is 27.7 Å². The van der Waals surface area contributed by atoms with Crippen LogP contribution < -0.4 is 0 Å². The van der Waals surface area contributed by atoms with Gasteiger partial charge in [0.15, 0.2) is 0 Å². The molecule has 0 N–H and O–H groups in total. The van der Waals surface area contributed by atoms with E-state index < -0.39 is 15.8 Å². The van der Waals surface area contributed by atoms with Crippen molar-refractivity contribution in [3.8, 4) is 0 Å². The van der Waals surface area contributed by atoms with Gasteiger partial charge in [0.25, 0.3) is 11.8 Å². The molecule has 3 aliphatic heterocycles. The van der Waals surface area contributed by atoms with Gasteiger partial charge in [0.05, 0.1) is 10.6 Å². The van der Waals surface area contributed by atoms with Gasteiger partial charge in [0.2, 0.25) is 0 Å². The van der Waals surface area contributed by atoms with Gasteiger partial charge in [-0.15, -0.1) is 0 Å². The summed E-state index contributed by atoms with van der Waals surface area (Å²) >= 11 is 0. The summed E-state index contributed by atoms with van der Waals surface area (Å²) in [6.45, 7) is 9.09. The second-order valence-electron chi connectivity index (χ2n) is 8.08. The molecule has 2 fully saturated rings. The zero-order valence-corrected chi connectivity index (χ0v) is 18.9. The highest BCUT2D eigenvalue weighted by atomic mass is 31.1. The van der Waals surface area contributed by atoms with Crippen molar-refractivity contribution in [1.82, 2.24) is 4.90 Å². The lowest BCUT2D eigenvalue weighted by atomic mass is 10.1. The number of likely N-dealkylation sites (N-methyl/N-ethyl adjacent to an activating group) is 1. The first-order valence-electron chi connectivity index (χ1n) is 10.6. The van der Waals surface area contributed by atoms with E-state index in [9.17, 15) is 9.59 Å².